The zero-order valence-electron chi connectivity index (χ0n) is 9.98. The Bertz CT molecular complexity index is 624. The van der Waals surface area contributed by atoms with Gasteiger partial charge in [0.15, 0.2) is 0 Å². The summed E-state index contributed by atoms with van der Waals surface area (Å²) in [7, 11) is 0. The minimum atomic E-state index is -4.27. The molecule has 1 aliphatic rings. The molecule has 0 amide bonds. The first kappa shape index (κ1) is 12.0. The second-order valence-corrected chi connectivity index (χ2v) is 4.57. The minimum Gasteiger partial charge on any atom is -0.170 e. The van der Waals surface area contributed by atoms with Gasteiger partial charge in [-0.25, -0.2) is 0 Å². The van der Waals surface area contributed by atoms with Crippen molar-refractivity contribution in [1.82, 2.24) is 0 Å². The van der Waals surface area contributed by atoms with Crippen molar-refractivity contribution in [3.63, 3.8) is 0 Å². The van der Waals surface area contributed by atoms with E-state index >= 15 is 0 Å². The Morgan fingerprint density at radius 3 is 2.11 bits per heavy atom. The Hall–Kier alpha value is -2.03. The number of hydrogen-bond donors (Lipinski definition) is 0. The van der Waals surface area contributed by atoms with Gasteiger partial charge in [0.25, 0.3) is 0 Å². The normalized spacial score (nSPS) is 18.1. The van der Waals surface area contributed by atoms with Crippen LogP contribution in [-0.2, 0) is 0 Å². The second kappa shape index (κ2) is 4.26. The van der Waals surface area contributed by atoms with Crippen molar-refractivity contribution in [3.8, 4) is 0 Å². The third-order valence-corrected chi connectivity index (χ3v) is 3.36. The predicted molar refractivity (Wildman–Crippen MR) is 69.6 cm³/mol. The van der Waals surface area contributed by atoms with Crippen LogP contribution < -0.4 is 0 Å². The van der Waals surface area contributed by atoms with Crippen LogP contribution in [0.15, 0.2) is 54.6 Å². The molecule has 96 valence electrons. The van der Waals surface area contributed by atoms with Crippen molar-refractivity contribution >= 4 is 11.6 Å². The van der Waals surface area contributed by atoms with Gasteiger partial charge >= 0.3 is 6.18 Å². The monoisotopic (exact) mass is 260 g/mol. The highest BCUT2D eigenvalue weighted by Crippen LogP contribution is 2.50. The Morgan fingerprint density at radius 2 is 1.42 bits per heavy atom. The van der Waals surface area contributed by atoms with Crippen molar-refractivity contribution < 1.29 is 13.2 Å². The lowest BCUT2D eigenvalue weighted by molar-refractivity contribution is -0.136. The Kier molecular flexibility index (Phi) is 2.70. The fourth-order valence-corrected chi connectivity index (χ4v) is 2.56. The van der Waals surface area contributed by atoms with Crippen molar-refractivity contribution in [3.05, 3.63) is 71.3 Å². The van der Waals surface area contributed by atoms with Gasteiger partial charge in [-0.05, 0) is 28.3 Å². The molecule has 1 unspecified atom stereocenters. The fraction of sp³-hybridized carbons (Fsp3) is 0.125. The molecule has 0 aliphatic heterocycles. The van der Waals surface area contributed by atoms with Gasteiger partial charge in [0.1, 0.15) is 5.92 Å². The topological polar surface area (TPSA) is 0 Å². The number of fused-ring (bicyclic) bond motifs is 1. The van der Waals surface area contributed by atoms with Gasteiger partial charge < -0.3 is 0 Å². The van der Waals surface area contributed by atoms with E-state index in [-0.39, 0.29) is 0 Å². The molecule has 0 fully saturated rings. The molecular weight excluding hydrogens is 249 g/mol. The average molecular weight is 260 g/mol. The van der Waals surface area contributed by atoms with Gasteiger partial charge in [-0.2, -0.15) is 13.2 Å². The first-order valence-electron chi connectivity index (χ1n) is 6.00. The van der Waals surface area contributed by atoms with Crippen LogP contribution in [0.25, 0.3) is 11.6 Å². The van der Waals surface area contributed by atoms with E-state index in [1.807, 2.05) is 0 Å². The molecule has 0 spiro atoms. The van der Waals surface area contributed by atoms with Gasteiger partial charge in [0.2, 0.25) is 0 Å². The standard InChI is InChI=1S/C16H11F3/c17-16(18,19)15-13-9-5-4-8-12(13)10-14(15)11-6-2-1-3-7-11/h1-10,15H. The molecule has 2 aromatic rings. The molecule has 0 heterocycles. The van der Waals surface area contributed by atoms with Gasteiger partial charge in [-0.15, -0.1) is 0 Å². The van der Waals surface area contributed by atoms with Crippen LogP contribution in [-0.4, -0.2) is 6.18 Å². The molecule has 1 atom stereocenters. The summed E-state index contributed by atoms with van der Waals surface area (Å²) in [5.41, 5.74) is 1.95. The minimum absolute atomic E-state index is 0.328. The van der Waals surface area contributed by atoms with Crippen LogP contribution in [0.3, 0.4) is 0 Å². The smallest absolute Gasteiger partial charge is 0.170 e. The molecule has 0 radical (unpaired) electrons. The van der Waals surface area contributed by atoms with Gasteiger partial charge in [0, 0.05) is 0 Å². The lowest BCUT2D eigenvalue weighted by Crippen LogP contribution is -2.20. The van der Waals surface area contributed by atoms with Crippen LogP contribution in [0.1, 0.15) is 22.6 Å². The Labute approximate surface area is 109 Å². The Morgan fingerprint density at radius 1 is 0.789 bits per heavy atom. The maximum atomic E-state index is 13.3. The molecule has 0 bridgehead atoms. The third-order valence-electron chi connectivity index (χ3n) is 3.36. The Balaban J connectivity index is 2.16. The summed E-state index contributed by atoms with van der Waals surface area (Å²) in [5.74, 6) is -1.52. The number of rotatable bonds is 1. The summed E-state index contributed by atoms with van der Waals surface area (Å²) in [6.07, 6.45) is -2.63. The average Bonchev–Trinajstić information content (AvgIpc) is 2.79. The maximum Gasteiger partial charge on any atom is 0.399 e. The highest BCUT2D eigenvalue weighted by molar-refractivity contribution is 5.92. The molecule has 3 heteroatoms. The summed E-state index contributed by atoms with van der Waals surface area (Å²) in [6, 6.07) is 15.4. The van der Waals surface area contributed by atoms with Gasteiger partial charge in [0.05, 0.1) is 0 Å². The van der Waals surface area contributed by atoms with E-state index in [2.05, 4.69) is 0 Å². The molecular formula is C16H11F3. The van der Waals surface area contributed by atoms with Crippen molar-refractivity contribution in [2.45, 2.75) is 12.1 Å². The summed E-state index contributed by atoms with van der Waals surface area (Å²) < 4.78 is 40.0. The zero-order valence-corrected chi connectivity index (χ0v) is 9.98. The first-order chi connectivity index (χ1) is 9.07. The van der Waals surface area contributed by atoms with Crippen LogP contribution >= 0.6 is 0 Å². The second-order valence-electron chi connectivity index (χ2n) is 4.57. The molecule has 0 nitrogen and oxygen atoms in total. The van der Waals surface area contributed by atoms with E-state index in [4.69, 9.17) is 0 Å². The number of halogens is 3. The van der Waals surface area contributed by atoms with Gasteiger partial charge in [-0.1, -0.05) is 54.6 Å². The van der Waals surface area contributed by atoms with E-state index < -0.39 is 12.1 Å². The largest absolute Gasteiger partial charge is 0.399 e. The van der Waals surface area contributed by atoms with Gasteiger partial charge in [-0.3, -0.25) is 0 Å². The summed E-state index contributed by atoms with van der Waals surface area (Å²) in [6.45, 7) is 0. The number of hydrogen-bond acceptors (Lipinski definition) is 0. The predicted octanol–water partition coefficient (Wildman–Crippen LogP) is 4.89. The quantitative estimate of drug-likeness (QED) is 0.685. The maximum absolute atomic E-state index is 13.3. The highest BCUT2D eigenvalue weighted by Gasteiger charge is 2.46. The molecule has 0 saturated carbocycles. The number of benzene rings is 2. The van der Waals surface area contributed by atoms with Crippen LogP contribution in [0, 0.1) is 0 Å². The fourth-order valence-electron chi connectivity index (χ4n) is 2.56. The van der Waals surface area contributed by atoms with E-state index in [9.17, 15) is 13.2 Å². The molecule has 2 aromatic carbocycles. The zero-order chi connectivity index (χ0) is 13.5. The van der Waals surface area contributed by atoms with Crippen LogP contribution in [0.5, 0.6) is 0 Å². The van der Waals surface area contributed by atoms with Crippen LogP contribution in [0.2, 0.25) is 0 Å². The van der Waals surface area contributed by atoms with E-state index in [1.54, 1.807) is 60.7 Å². The van der Waals surface area contributed by atoms with Crippen molar-refractivity contribution in [2.75, 3.05) is 0 Å². The van der Waals surface area contributed by atoms with E-state index in [0.717, 1.165) is 0 Å². The molecule has 0 aromatic heterocycles. The number of allylic oxidation sites excluding steroid dienone is 1. The van der Waals surface area contributed by atoms with Crippen molar-refractivity contribution in [2.24, 2.45) is 0 Å². The van der Waals surface area contributed by atoms with Crippen LogP contribution in [0.4, 0.5) is 13.2 Å². The molecule has 0 N–H and O–H groups in total. The molecule has 19 heavy (non-hydrogen) atoms. The molecule has 1 aliphatic carbocycles. The third kappa shape index (κ3) is 2.05. The van der Waals surface area contributed by atoms with E-state index in [1.165, 1.54) is 0 Å². The SMILES string of the molecule is FC(F)(F)C1C(c2ccccc2)=Cc2ccccc21. The summed E-state index contributed by atoms with van der Waals surface area (Å²) in [5, 5.41) is 0. The first-order valence-corrected chi connectivity index (χ1v) is 6.00. The lowest BCUT2D eigenvalue weighted by Gasteiger charge is -2.20. The number of alkyl halides is 3. The van der Waals surface area contributed by atoms with E-state index in [0.29, 0.717) is 22.3 Å². The molecule has 0 saturated heterocycles. The van der Waals surface area contributed by atoms with Crippen molar-refractivity contribution in [1.29, 1.82) is 0 Å². The molecule has 3 rings (SSSR count). The summed E-state index contributed by atoms with van der Waals surface area (Å²) in [4.78, 5) is 0. The summed E-state index contributed by atoms with van der Waals surface area (Å²) >= 11 is 0. The lowest BCUT2D eigenvalue weighted by atomic mass is 9.91. The highest BCUT2D eigenvalue weighted by atomic mass is 19.4.